The third-order valence-corrected chi connectivity index (χ3v) is 10.9. The molecule has 0 saturated carbocycles. The van der Waals surface area contributed by atoms with Crippen LogP contribution >= 0.6 is 11.6 Å². The molecule has 1 atom stereocenters. The molecule has 0 amide bonds. The van der Waals surface area contributed by atoms with Crippen LogP contribution in [-0.4, -0.2) is 47.3 Å². The molecule has 28 heavy (non-hydrogen) atoms. The van der Waals surface area contributed by atoms with E-state index in [1.807, 2.05) is 11.6 Å². The summed E-state index contributed by atoms with van der Waals surface area (Å²) in [6.45, 7) is 19.4. The van der Waals surface area contributed by atoms with Crippen molar-refractivity contribution in [2.45, 2.75) is 84.6 Å². The number of aryl methyl sites for hydroxylation is 1. The van der Waals surface area contributed by atoms with E-state index in [-0.39, 0.29) is 16.4 Å². The highest BCUT2D eigenvalue weighted by Crippen LogP contribution is 2.38. The van der Waals surface area contributed by atoms with Crippen LogP contribution in [0.2, 0.25) is 23.4 Å². The van der Waals surface area contributed by atoms with Gasteiger partial charge in [0.05, 0.1) is 23.7 Å². The summed E-state index contributed by atoms with van der Waals surface area (Å²) in [4.78, 5) is 11.5. The fourth-order valence-electron chi connectivity index (χ4n) is 3.54. The summed E-state index contributed by atoms with van der Waals surface area (Å²) in [6, 6.07) is 0.524. The molecule has 2 aromatic heterocycles. The molecular weight excluding hydrogens is 390 g/mol. The summed E-state index contributed by atoms with van der Waals surface area (Å²) in [6.07, 6.45) is 2.24. The number of rotatable bonds is 5. The molecule has 156 valence electrons. The van der Waals surface area contributed by atoms with Gasteiger partial charge in [0.25, 0.3) is 0 Å². The Morgan fingerprint density at radius 3 is 2.54 bits per heavy atom. The van der Waals surface area contributed by atoms with Gasteiger partial charge >= 0.3 is 0 Å². The van der Waals surface area contributed by atoms with E-state index >= 15 is 0 Å². The highest BCUT2D eigenvalue weighted by Gasteiger charge is 2.39. The van der Waals surface area contributed by atoms with E-state index in [0.717, 1.165) is 48.5 Å². The Bertz CT molecular complexity index is 858. The molecule has 0 N–H and O–H groups in total. The Hall–Kier alpha value is -1.18. The lowest BCUT2D eigenvalue weighted by Crippen LogP contribution is -2.45. The number of hydrogen-bond acceptors (Lipinski definition) is 5. The molecule has 3 rings (SSSR count). The van der Waals surface area contributed by atoms with Gasteiger partial charge in [0.15, 0.2) is 14.0 Å². The van der Waals surface area contributed by atoms with Gasteiger partial charge in [-0.25, -0.2) is 4.68 Å². The maximum Gasteiger partial charge on any atom is 0.226 e. The summed E-state index contributed by atoms with van der Waals surface area (Å²) in [7, 11) is -1.79. The largest absolute Gasteiger partial charge is 0.415 e. The van der Waals surface area contributed by atoms with Crippen LogP contribution in [0, 0.1) is 6.92 Å². The van der Waals surface area contributed by atoms with Crippen LogP contribution in [0.25, 0.3) is 11.0 Å². The predicted octanol–water partition coefficient (Wildman–Crippen LogP) is 5.36. The van der Waals surface area contributed by atoms with Crippen molar-refractivity contribution in [3.8, 4) is 0 Å². The van der Waals surface area contributed by atoms with Crippen molar-refractivity contribution in [2.75, 3.05) is 18.1 Å². The van der Waals surface area contributed by atoms with Crippen molar-refractivity contribution in [3.05, 3.63) is 11.0 Å². The summed E-state index contributed by atoms with van der Waals surface area (Å²) in [5.41, 5.74) is 1.77. The van der Waals surface area contributed by atoms with Gasteiger partial charge in [-0.15, -0.1) is 0 Å². The molecule has 1 saturated heterocycles. The first kappa shape index (κ1) is 21.5. The monoisotopic (exact) mass is 423 g/mol. The quantitative estimate of drug-likeness (QED) is 0.478. The SMILES string of the molecule is Cc1nn(C(C)C)c2nc(Cl)nc(N3CCCC3CO[Si](C)(C)C(C)(C)C)c12. The van der Waals surface area contributed by atoms with Crippen LogP contribution < -0.4 is 4.90 Å². The van der Waals surface area contributed by atoms with Crippen molar-refractivity contribution in [1.82, 2.24) is 19.7 Å². The fourth-order valence-corrected chi connectivity index (χ4v) is 4.74. The lowest BCUT2D eigenvalue weighted by Gasteiger charge is -2.38. The minimum Gasteiger partial charge on any atom is -0.415 e. The van der Waals surface area contributed by atoms with Gasteiger partial charge in [-0.3, -0.25) is 0 Å². The van der Waals surface area contributed by atoms with Crippen LogP contribution in [0.15, 0.2) is 0 Å². The minimum atomic E-state index is -1.79. The number of halogens is 1. The first-order valence-corrected chi connectivity index (χ1v) is 13.5. The van der Waals surface area contributed by atoms with Gasteiger partial charge in [-0.1, -0.05) is 20.8 Å². The maximum atomic E-state index is 6.55. The van der Waals surface area contributed by atoms with Crippen LogP contribution in [0.4, 0.5) is 5.82 Å². The lowest BCUT2D eigenvalue weighted by atomic mass is 10.2. The van der Waals surface area contributed by atoms with E-state index in [0.29, 0.717) is 6.04 Å². The van der Waals surface area contributed by atoms with Crippen LogP contribution in [-0.2, 0) is 4.43 Å². The number of aromatic nitrogens is 4. The molecule has 1 aliphatic rings. The Kier molecular flexibility index (Phi) is 5.82. The van der Waals surface area contributed by atoms with E-state index in [1.54, 1.807) is 0 Å². The first-order chi connectivity index (χ1) is 12.9. The first-order valence-electron chi connectivity index (χ1n) is 10.3. The highest BCUT2D eigenvalue weighted by molar-refractivity contribution is 6.74. The molecule has 1 fully saturated rings. The van der Waals surface area contributed by atoms with Crippen molar-refractivity contribution in [2.24, 2.45) is 0 Å². The Morgan fingerprint density at radius 1 is 1.25 bits per heavy atom. The number of anilines is 1. The minimum absolute atomic E-state index is 0.205. The van der Waals surface area contributed by atoms with Gasteiger partial charge in [0.1, 0.15) is 5.82 Å². The zero-order valence-electron chi connectivity index (χ0n) is 18.5. The molecule has 0 bridgehead atoms. The van der Waals surface area contributed by atoms with Crippen molar-refractivity contribution in [1.29, 1.82) is 0 Å². The highest BCUT2D eigenvalue weighted by atomic mass is 35.5. The molecule has 1 aliphatic heterocycles. The van der Waals surface area contributed by atoms with Crippen LogP contribution in [0.3, 0.4) is 0 Å². The average molecular weight is 424 g/mol. The summed E-state index contributed by atoms with van der Waals surface area (Å²) in [5, 5.41) is 6.20. The third-order valence-electron chi connectivity index (χ3n) is 6.26. The molecule has 2 aromatic rings. The van der Waals surface area contributed by atoms with Crippen LogP contribution in [0.5, 0.6) is 0 Å². The molecule has 0 aromatic carbocycles. The van der Waals surface area contributed by atoms with Gasteiger partial charge in [0.2, 0.25) is 5.28 Å². The van der Waals surface area contributed by atoms with Gasteiger partial charge in [-0.2, -0.15) is 15.1 Å². The van der Waals surface area contributed by atoms with E-state index in [9.17, 15) is 0 Å². The molecular formula is C20H34ClN5OSi. The molecule has 0 aliphatic carbocycles. The van der Waals surface area contributed by atoms with Crippen molar-refractivity contribution in [3.63, 3.8) is 0 Å². The number of hydrogen-bond donors (Lipinski definition) is 0. The maximum absolute atomic E-state index is 6.55. The van der Waals surface area contributed by atoms with Gasteiger partial charge in [0, 0.05) is 12.6 Å². The molecule has 6 nitrogen and oxygen atoms in total. The molecule has 0 spiro atoms. The lowest BCUT2D eigenvalue weighted by molar-refractivity contribution is 0.263. The molecule has 8 heteroatoms. The Labute approximate surface area is 174 Å². The van der Waals surface area contributed by atoms with Crippen molar-refractivity contribution < 1.29 is 4.43 Å². The van der Waals surface area contributed by atoms with E-state index in [1.165, 1.54) is 0 Å². The third kappa shape index (κ3) is 3.93. The Morgan fingerprint density at radius 2 is 1.93 bits per heavy atom. The predicted molar refractivity (Wildman–Crippen MR) is 119 cm³/mol. The van der Waals surface area contributed by atoms with Crippen LogP contribution in [0.1, 0.15) is 59.2 Å². The normalized spacial score (nSPS) is 18.6. The second kappa shape index (κ2) is 7.57. The number of fused-ring (bicyclic) bond motifs is 1. The smallest absolute Gasteiger partial charge is 0.226 e. The topological polar surface area (TPSA) is 56.1 Å². The van der Waals surface area contributed by atoms with Gasteiger partial charge < -0.3 is 9.33 Å². The standard InChI is InChI=1S/C20H34ClN5OSi/c1-13(2)26-18-16(14(3)24-26)17(22-19(21)23-18)25-11-9-10-15(25)12-27-28(7,8)20(4,5)6/h13,15H,9-12H2,1-8H3. The second-order valence-electron chi connectivity index (χ2n) is 9.70. The second-order valence-corrected chi connectivity index (χ2v) is 14.8. The summed E-state index contributed by atoms with van der Waals surface area (Å²) >= 11 is 6.33. The van der Waals surface area contributed by atoms with Crippen molar-refractivity contribution >= 4 is 36.8 Å². The number of nitrogens with zero attached hydrogens (tertiary/aromatic N) is 5. The van der Waals surface area contributed by atoms with E-state index in [2.05, 4.69) is 62.6 Å². The van der Waals surface area contributed by atoms with Gasteiger partial charge in [-0.05, 0) is 63.3 Å². The van der Waals surface area contributed by atoms with E-state index < -0.39 is 8.32 Å². The molecule has 0 radical (unpaired) electrons. The molecule has 1 unspecified atom stereocenters. The summed E-state index contributed by atoms with van der Waals surface area (Å²) < 4.78 is 8.49. The Balaban J connectivity index is 1.95. The average Bonchev–Trinajstić information content (AvgIpc) is 3.16. The molecule has 3 heterocycles. The summed E-state index contributed by atoms with van der Waals surface area (Å²) in [5.74, 6) is 0.903. The zero-order chi connectivity index (χ0) is 20.9. The fraction of sp³-hybridized carbons (Fsp3) is 0.750. The zero-order valence-corrected chi connectivity index (χ0v) is 20.3. The van der Waals surface area contributed by atoms with E-state index in [4.69, 9.17) is 21.1 Å².